The minimum absolute atomic E-state index is 0.233. The van der Waals surface area contributed by atoms with Gasteiger partial charge in [-0.15, -0.1) is 0 Å². The van der Waals surface area contributed by atoms with Crippen LogP contribution in [0.25, 0.3) is 0 Å². The zero-order valence-electron chi connectivity index (χ0n) is 13.7. The van der Waals surface area contributed by atoms with Gasteiger partial charge in [-0.3, -0.25) is 4.34 Å². The molecule has 1 aliphatic heterocycles. The summed E-state index contributed by atoms with van der Waals surface area (Å²) in [6, 6.07) is 11.0. The zero-order chi connectivity index (χ0) is 17.1. The Bertz CT molecular complexity index is 726. The van der Waals surface area contributed by atoms with Gasteiger partial charge in [-0.05, 0) is 30.2 Å². The number of ether oxygens (including phenoxy) is 2. The summed E-state index contributed by atoms with van der Waals surface area (Å²) in [6.45, 7) is 1.57. The highest BCUT2D eigenvalue weighted by atomic mass is 79.9. The first kappa shape index (κ1) is 17.0. The molecule has 128 valence electrons. The molecule has 0 aromatic heterocycles. The van der Waals surface area contributed by atoms with Gasteiger partial charge in [0, 0.05) is 59.2 Å². The van der Waals surface area contributed by atoms with Crippen LogP contribution in [0.5, 0.6) is 11.5 Å². The third-order valence-corrected chi connectivity index (χ3v) is 4.72. The van der Waals surface area contributed by atoms with Gasteiger partial charge in [0.1, 0.15) is 5.75 Å². The summed E-state index contributed by atoms with van der Waals surface area (Å²) in [7, 11) is 3.40. The Labute approximate surface area is 149 Å². The fraction of sp³-hybridized carbons (Fsp3) is 0.333. The number of halogens is 2. The summed E-state index contributed by atoms with van der Waals surface area (Å²) in [5.41, 5.74) is 3.04. The van der Waals surface area contributed by atoms with E-state index in [1.165, 1.54) is 18.7 Å². The van der Waals surface area contributed by atoms with Crippen molar-refractivity contribution >= 4 is 27.5 Å². The lowest BCUT2D eigenvalue weighted by Crippen LogP contribution is -2.21. The summed E-state index contributed by atoms with van der Waals surface area (Å²) in [5.74, 6) is 1.20. The molecule has 1 atom stereocenters. The molecule has 0 saturated carbocycles. The Kier molecular flexibility index (Phi) is 5.26. The van der Waals surface area contributed by atoms with Crippen LogP contribution in [0.2, 0.25) is 0 Å². The topological polar surface area (TPSA) is 33.7 Å². The molecule has 0 amide bonds. The van der Waals surface area contributed by atoms with Gasteiger partial charge in [-0.25, -0.2) is 4.39 Å². The molecular weight excluding hydrogens is 375 g/mol. The molecule has 0 unspecified atom stereocenters. The second-order valence-electron chi connectivity index (χ2n) is 5.77. The normalized spacial score (nSPS) is 16.2. The van der Waals surface area contributed by atoms with Crippen LogP contribution in [0.4, 0.5) is 15.8 Å². The van der Waals surface area contributed by atoms with Crippen molar-refractivity contribution < 1.29 is 13.9 Å². The molecule has 0 spiro atoms. The van der Waals surface area contributed by atoms with E-state index in [-0.39, 0.29) is 11.6 Å². The van der Waals surface area contributed by atoms with Crippen LogP contribution in [0.3, 0.4) is 0 Å². The highest BCUT2D eigenvalue weighted by Crippen LogP contribution is 2.38. The number of methoxy groups -OCH3 is 1. The fourth-order valence-electron chi connectivity index (χ4n) is 2.97. The van der Waals surface area contributed by atoms with Crippen LogP contribution in [-0.2, 0) is 0 Å². The molecule has 4 nitrogen and oxygen atoms in total. The number of nitrogens with zero attached hydrogens (tertiary/aromatic N) is 1. The van der Waals surface area contributed by atoms with Gasteiger partial charge in [-0.1, -0.05) is 6.07 Å². The number of benzene rings is 2. The molecule has 2 aromatic carbocycles. The first-order valence-corrected chi connectivity index (χ1v) is 8.61. The van der Waals surface area contributed by atoms with Gasteiger partial charge in [-0.2, -0.15) is 0 Å². The number of rotatable bonds is 5. The number of hydrogen-bond donors (Lipinski definition) is 1. The summed E-state index contributed by atoms with van der Waals surface area (Å²) < 4.78 is 27.6. The van der Waals surface area contributed by atoms with Gasteiger partial charge in [0.05, 0.1) is 13.7 Å². The maximum atomic E-state index is 13.6. The second kappa shape index (κ2) is 7.40. The van der Waals surface area contributed by atoms with Crippen molar-refractivity contribution in [2.45, 2.75) is 12.3 Å². The predicted molar refractivity (Wildman–Crippen MR) is 97.2 cm³/mol. The van der Waals surface area contributed by atoms with Crippen LogP contribution in [0, 0.1) is 5.82 Å². The summed E-state index contributed by atoms with van der Waals surface area (Å²) in [5, 5.41) is 0. The average molecular weight is 395 g/mol. The van der Waals surface area contributed by atoms with Crippen LogP contribution in [0.1, 0.15) is 17.9 Å². The van der Waals surface area contributed by atoms with Crippen molar-refractivity contribution in [2.24, 2.45) is 0 Å². The fourth-order valence-corrected chi connectivity index (χ4v) is 3.36. The Balaban J connectivity index is 1.90. The highest BCUT2D eigenvalue weighted by molar-refractivity contribution is 9.08. The molecule has 0 radical (unpaired) electrons. The standard InChI is InChI=1S/C18H20BrFN2O2/c1-22(14-4-6-16(20)18(10-14)23-2)13-3-5-15-12(11-21-19)7-8-24-17(15)9-13/h3-6,9-10,12,21H,7-8,11H2,1-2H3/t12-/m0/s1. The lowest BCUT2D eigenvalue weighted by Gasteiger charge is -2.28. The Morgan fingerprint density at radius 2 is 2.04 bits per heavy atom. The Morgan fingerprint density at radius 1 is 1.29 bits per heavy atom. The van der Waals surface area contributed by atoms with Gasteiger partial charge in [0.15, 0.2) is 11.6 Å². The molecule has 0 aliphatic carbocycles. The number of nitrogens with one attached hydrogen (secondary N) is 1. The van der Waals surface area contributed by atoms with E-state index in [0.29, 0.717) is 12.5 Å². The van der Waals surface area contributed by atoms with Crippen molar-refractivity contribution in [1.82, 2.24) is 4.34 Å². The largest absolute Gasteiger partial charge is 0.494 e. The lowest BCUT2D eigenvalue weighted by molar-refractivity contribution is 0.268. The smallest absolute Gasteiger partial charge is 0.165 e. The van der Waals surface area contributed by atoms with Gasteiger partial charge in [0.2, 0.25) is 0 Å². The van der Waals surface area contributed by atoms with Crippen molar-refractivity contribution in [3.8, 4) is 11.5 Å². The van der Waals surface area contributed by atoms with E-state index in [1.54, 1.807) is 12.1 Å². The number of hydrogen-bond acceptors (Lipinski definition) is 4. The van der Waals surface area contributed by atoms with Crippen molar-refractivity contribution in [2.75, 3.05) is 32.2 Å². The Hall–Kier alpha value is -1.79. The summed E-state index contributed by atoms with van der Waals surface area (Å²) >= 11 is 3.28. The SMILES string of the molecule is COc1cc(N(C)c2ccc3c(c2)OCC[C@H]3CNBr)ccc1F. The maximum absolute atomic E-state index is 13.6. The minimum Gasteiger partial charge on any atom is -0.494 e. The van der Waals surface area contributed by atoms with E-state index in [4.69, 9.17) is 9.47 Å². The molecule has 2 aromatic rings. The lowest BCUT2D eigenvalue weighted by atomic mass is 9.93. The monoisotopic (exact) mass is 394 g/mol. The molecule has 3 rings (SSSR count). The van der Waals surface area contributed by atoms with E-state index in [2.05, 4.69) is 32.6 Å². The van der Waals surface area contributed by atoms with Crippen molar-refractivity contribution in [3.63, 3.8) is 0 Å². The summed E-state index contributed by atoms with van der Waals surface area (Å²) in [4.78, 5) is 1.98. The van der Waals surface area contributed by atoms with E-state index < -0.39 is 0 Å². The van der Waals surface area contributed by atoms with Gasteiger partial charge < -0.3 is 14.4 Å². The van der Waals surface area contributed by atoms with Crippen LogP contribution in [0.15, 0.2) is 36.4 Å². The van der Waals surface area contributed by atoms with Gasteiger partial charge >= 0.3 is 0 Å². The molecule has 0 bridgehead atoms. The molecule has 24 heavy (non-hydrogen) atoms. The first-order valence-electron chi connectivity index (χ1n) is 7.81. The number of fused-ring (bicyclic) bond motifs is 1. The molecule has 1 aliphatic rings. The van der Waals surface area contributed by atoms with Gasteiger partial charge in [0.25, 0.3) is 0 Å². The van der Waals surface area contributed by atoms with E-state index in [0.717, 1.165) is 30.1 Å². The molecule has 0 saturated heterocycles. The van der Waals surface area contributed by atoms with Crippen LogP contribution >= 0.6 is 16.1 Å². The van der Waals surface area contributed by atoms with E-state index in [9.17, 15) is 4.39 Å². The van der Waals surface area contributed by atoms with Crippen LogP contribution in [-0.4, -0.2) is 27.3 Å². The molecule has 6 heteroatoms. The third-order valence-electron chi connectivity index (χ3n) is 4.39. The average Bonchev–Trinajstić information content (AvgIpc) is 2.61. The van der Waals surface area contributed by atoms with E-state index in [1.807, 2.05) is 18.0 Å². The maximum Gasteiger partial charge on any atom is 0.165 e. The Morgan fingerprint density at radius 3 is 2.79 bits per heavy atom. The quantitative estimate of drug-likeness (QED) is 0.763. The third kappa shape index (κ3) is 3.35. The second-order valence-corrected chi connectivity index (χ2v) is 6.33. The molecule has 1 heterocycles. The predicted octanol–water partition coefficient (Wildman–Crippen LogP) is 4.37. The molecule has 1 N–H and O–H groups in total. The molecule has 0 fully saturated rings. The zero-order valence-corrected chi connectivity index (χ0v) is 15.3. The highest BCUT2D eigenvalue weighted by Gasteiger charge is 2.22. The van der Waals surface area contributed by atoms with Crippen molar-refractivity contribution in [3.05, 3.63) is 47.8 Å². The van der Waals surface area contributed by atoms with Crippen LogP contribution < -0.4 is 18.7 Å². The number of anilines is 2. The minimum atomic E-state index is -0.367. The van der Waals surface area contributed by atoms with E-state index >= 15 is 0 Å². The summed E-state index contributed by atoms with van der Waals surface area (Å²) in [6.07, 6.45) is 0.996. The first-order chi connectivity index (χ1) is 11.6. The molecular formula is C18H20BrFN2O2. The van der Waals surface area contributed by atoms with Crippen molar-refractivity contribution in [1.29, 1.82) is 0 Å².